The van der Waals surface area contributed by atoms with Crippen LogP contribution in [-0.2, 0) is 0 Å². The lowest BCUT2D eigenvalue weighted by Gasteiger charge is -2.18. The number of aromatic nitrogens is 5. The Morgan fingerprint density at radius 3 is 1.03 bits per heavy atom. The third-order valence-corrected chi connectivity index (χ3v) is 18.6. The summed E-state index contributed by atoms with van der Waals surface area (Å²) in [6.45, 7) is 16.0. The van der Waals surface area contributed by atoms with Crippen LogP contribution in [0.15, 0.2) is 328 Å². The van der Waals surface area contributed by atoms with Crippen LogP contribution in [0.3, 0.4) is 0 Å². The Morgan fingerprint density at radius 1 is 0.255 bits per heavy atom. The summed E-state index contributed by atoms with van der Waals surface area (Å²) in [4.78, 5) is 24.1. The van der Waals surface area contributed by atoms with Crippen LogP contribution in [-0.4, -0.2) is 24.1 Å². The molecule has 0 aliphatic rings. The van der Waals surface area contributed by atoms with E-state index in [4.69, 9.17) is 28.1 Å². The number of nitrogens with zero attached hydrogens (tertiary/aromatic N) is 8. The van der Waals surface area contributed by atoms with Crippen molar-refractivity contribution in [3.8, 4) is 129 Å². The van der Waals surface area contributed by atoms with E-state index in [-0.39, 0.29) is 0 Å². The first-order chi connectivity index (χ1) is 48.4. The molecule has 0 saturated carbocycles. The van der Waals surface area contributed by atoms with Crippen molar-refractivity contribution in [2.45, 2.75) is 0 Å². The van der Waals surface area contributed by atoms with E-state index in [0.717, 1.165) is 150 Å². The van der Waals surface area contributed by atoms with E-state index in [1.54, 1.807) is 0 Å². The summed E-state index contributed by atoms with van der Waals surface area (Å²) < 4.78 is 4.70. The third kappa shape index (κ3) is 10.5. The molecule has 0 spiro atoms. The van der Waals surface area contributed by atoms with Gasteiger partial charge in [-0.05, 0) is 170 Å². The van der Waals surface area contributed by atoms with E-state index in [1.807, 2.05) is 103 Å². The van der Waals surface area contributed by atoms with Crippen LogP contribution in [0.1, 0.15) is 5.56 Å². The predicted octanol–water partition coefficient (Wildman–Crippen LogP) is 23.7. The van der Waals surface area contributed by atoms with Crippen molar-refractivity contribution >= 4 is 55.0 Å². The fraction of sp³-hybridized carbons (Fsp3) is 0. The second-order valence-electron chi connectivity index (χ2n) is 24.4. The molecule has 0 amide bonds. The molecule has 0 bridgehead atoms. The van der Waals surface area contributed by atoms with Gasteiger partial charge in [0, 0.05) is 49.4 Å². The van der Waals surface area contributed by atoms with Gasteiger partial charge >= 0.3 is 0 Å². The smallest absolute Gasteiger partial charge is 0.187 e. The van der Waals surface area contributed by atoms with Crippen LogP contribution in [0.5, 0.6) is 0 Å². The average molecular weight is 1250 g/mol. The van der Waals surface area contributed by atoms with Gasteiger partial charge in [0.15, 0.2) is 28.8 Å². The third-order valence-electron chi connectivity index (χ3n) is 18.6. The van der Waals surface area contributed by atoms with Gasteiger partial charge in [0.2, 0.25) is 0 Å². The molecule has 3 aromatic heterocycles. The first-order valence-electron chi connectivity index (χ1n) is 32.4. The zero-order valence-electron chi connectivity index (χ0n) is 52.8. The van der Waals surface area contributed by atoms with Crippen LogP contribution in [0.25, 0.3) is 177 Å². The maximum Gasteiger partial charge on any atom is 0.187 e. The molecule has 0 N–H and O–H groups in total. The fourth-order valence-electron chi connectivity index (χ4n) is 13.9. The van der Waals surface area contributed by atoms with Gasteiger partial charge in [0.25, 0.3) is 0 Å². The first-order valence-corrected chi connectivity index (χ1v) is 32.4. The minimum Gasteiger partial charge on any atom is -0.309 e. The molecule has 0 atom stereocenters. The Kier molecular flexibility index (Phi) is 14.5. The second kappa shape index (κ2) is 24.6. The molecule has 17 aromatic rings. The Hall–Kier alpha value is -13.8. The summed E-state index contributed by atoms with van der Waals surface area (Å²) in [6, 6.07) is 115. The number of hydrogen-bond donors (Lipinski definition) is 0. The maximum absolute atomic E-state index is 10.5. The number of rotatable bonds is 12. The molecule has 8 nitrogen and oxygen atoms in total. The van der Waals surface area contributed by atoms with Gasteiger partial charge in [-0.3, -0.25) is 0 Å². The highest BCUT2D eigenvalue weighted by Gasteiger charge is 2.24. The van der Waals surface area contributed by atoms with Gasteiger partial charge in [0.1, 0.15) is 0 Å². The average Bonchev–Trinajstić information content (AvgIpc) is 1.56. The van der Waals surface area contributed by atoms with E-state index < -0.39 is 0 Å². The Bertz CT molecular complexity index is 5610. The molecule has 0 fully saturated rings. The summed E-state index contributed by atoms with van der Waals surface area (Å²) in [7, 11) is 0. The molecule has 0 radical (unpaired) electrons. The molecule has 8 heteroatoms. The molecular weight excluding hydrogens is 1190 g/mol. The first kappa shape index (κ1) is 58.0. The zero-order valence-corrected chi connectivity index (χ0v) is 52.8. The minimum absolute atomic E-state index is 0.432. The van der Waals surface area contributed by atoms with Crippen LogP contribution < -0.4 is 0 Å². The van der Waals surface area contributed by atoms with Crippen molar-refractivity contribution in [1.29, 1.82) is 5.26 Å². The van der Waals surface area contributed by atoms with Crippen LogP contribution >= 0.6 is 0 Å². The SMILES string of the molecule is [C-]#[N+]c1ccc(-c2ccccc2-c2nc(-c3ccc(-n4c5ccc(-c6ccccc6)cc5c5cc(-c6ccccc6)ccc54)c(-c4cccc(C#N)c4)c3)nc(-c3ccc(-n4c5ccc(-c6ccccc6)cc5c5cc(-c6ccccc6)ccc54)c(-c4cccc([N+]#[C-])c4)c3)n2)cc1. The van der Waals surface area contributed by atoms with Gasteiger partial charge < -0.3 is 9.13 Å². The molecule has 98 heavy (non-hydrogen) atoms. The fourth-order valence-corrected chi connectivity index (χ4v) is 13.9. The standard InChI is InChI=1S/C90H54N8/c1-92-72-41-33-63(34-42-72)74-31-15-16-32-75(74)90-95-88(70-39-47-82(76(55-70)68-28-17-19-58(49-68)57-91)97-84-43-35-64(59-20-7-3-8-21-59)51-78(84)79-52-65(36-44-85(79)97)60-22-9-4-10-23-60)94-89(96-90)71-40-48-83(77(56-71)69-29-18-30-73(50-69)93-2)98-86-45-37-66(61-24-11-5-12-25-61)53-80(86)81-54-67(38-46-87(81)98)62-26-13-6-14-27-62/h3-56H. The summed E-state index contributed by atoms with van der Waals surface area (Å²) in [5, 5.41) is 14.9. The van der Waals surface area contributed by atoms with Gasteiger partial charge in [-0.1, -0.05) is 224 Å². The van der Waals surface area contributed by atoms with E-state index in [0.29, 0.717) is 34.4 Å². The van der Waals surface area contributed by atoms with Crippen LogP contribution in [0, 0.1) is 24.5 Å². The van der Waals surface area contributed by atoms with E-state index in [1.165, 1.54) is 0 Å². The molecule has 0 saturated heterocycles. The van der Waals surface area contributed by atoms with Crippen molar-refractivity contribution < 1.29 is 0 Å². The normalized spacial score (nSPS) is 11.2. The lowest BCUT2D eigenvalue weighted by molar-refractivity contribution is 1.07. The Balaban J connectivity index is 0.897. The summed E-state index contributed by atoms with van der Waals surface area (Å²) in [6.07, 6.45) is 0. The number of fused-ring (bicyclic) bond motifs is 6. The molecule has 0 unspecified atom stereocenters. The van der Waals surface area contributed by atoms with Crippen molar-refractivity contribution in [3.63, 3.8) is 0 Å². The summed E-state index contributed by atoms with van der Waals surface area (Å²) >= 11 is 0. The molecular formula is C90H54N8. The van der Waals surface area contributed by atoms with Crippen molar-refractivity contribution in [3.05, 3.63) is 356 Å². The molecule has 3 heterocycles. The van der Waals surface area contributed by atoms with Crippen molar-refractivity contribution in [2.75, 3.05) is 0 Å². The van der Waals surface area contributed by atoms with Gasteiger partial charge in [-0.25, -0.2) is 24.6 Å². The van der Waals surface area contributed by atoms with Gasteiger partial charge in [-0.15, -0.1) is 0 Å². The summed E-state index contributed by atoms with van der Waals surface area (Å²) in [5.74, 6) is 1.31. The van der Waals surface area contributed by atoms with Crippen molar-refractivity contribution in [2.24, 2.45) is 0 Å². The lowest BCUT2D eigenvalue weighted by Crippen LogP contribution is -2.03. The molecule has 0 aliphatic heterocycles. The molecule has 17 rings (SSSR count). The second-order valence-corrected chi connectivity index (χ2v) is 24.4. The highest BCUT2D eigenvalue weighted by atomic mass is 15.0. The molecule has 454 valence electrons. The predicted molar refractivity (Wildman–Crippen MR) is 400 cm³/mol. The van der Waals surface area contributed by atoms with Crippen molar-refractivity contribution in [1.82, 2.24) is 24.1 Å². The molecule has 14 aromatic carbocycles. The van der Waals surface area contributed by atoms with Gasteiger partial charge in [0.05, 0.1) is 58.2 Å². The zero-order chi connectivity index (χ0) is 65.6. The minimum atomic E-state index is 0.432. The monoisotopic (exact) mass is 1250 g/mol. The van der Waals surface area contributed by atoms with E-state index >= 15 is 0 Å². The van der Waals surface area contributed by atoms with Gasteiger partial charge in [-0.2, -0.15) is 5.26 Å². The van der Waals surface area contributed by atoms with E-state index in [9.17, 15) is 5.26 Å². The largest absolute Gasteiger partial charge is 0.309 e. The highest BCUT2D eigenvalue weighted by molar-refractivity contribution is 6.14. The number of benzene rings is 14. The maximum atomic E-state index is 10.5. The highest BCUT2D eigenvalue weighted by Crippen LogP contribution is 2.45. The quantitative estimate of drug-likeness (QED) is 0.114. The Morgan fingerprint density at radius 2 is 0.612 bits per heavy atom. The molecule has 0 aliphatic carbocycles. The summed E-state index contributed by atoms with van der Waals surface area (Å²) in [5.41, 5.74) is 24.0. The topological polar surface area (TPSA) is 81.0 Å². The van der Waals surface area contributed by atoms with Crippen LogP contribution in [0.2, 0.25) is 0 Å². The number of hydrogen-bond acceptors (Lipinski definition) is 4. The van der Waals surface area contributed by atoms with E-state index in [2.05, 4.69) is 249 Å². The number of nitriles is 1. The van der Waals surface area contributed by atoms with Crippen LogP contribution in [0.4, 0.5) is 11.4 Å². The Labute approximate surface area is 566 Å². The lowest BCUT2D eigenvalue weighted by atomic mass is 9.97.